The van der Waals surface area contributed by atoms with Gasteiger partial charge in [0.2, 0.25) is 3.79 Å². The van der Waals surface area contributed by atoms with Gasteiger partial charge < -0.3 is 10.6 Å². The Balaban J connectivity index is 2.37. The second-order valence-corrected chi connectivity index (χ2v) is 8.53. The first-order chi connectivity index (χ1) is 13.4. The van der Waals surface area contributed by atoms with E-state index in [-0.39, 0.29) is 5.56 Å². The number of rotatable bonds is 6. The van der Waals surface area contributed by atoms with Crippen molar-refractivity contribution in [2.24, 2.45) is 0 Å². The zero-order valence-corrected chi connectivity index (χ0v) is 17.4. The number of nitrogens with one attached hydrogen (secondary N) is 2. The quantitative estimate of drug-likeness (QED) is 0.279. The van der Waals surface area contributed by atoms with Gasteiger partial charge in [-0.15, -0.1) is 0 Å². The number of nitrogens with zero attached hydrogens (tertiary/aromatic N) is 2. The highest BCUT2D eigenvalue weighted by Crippen LogP contribution is 2.32. The average molecular weight is 462 g/mol. The predicted octanol–water partition coefficient (Wildman–Crippen LogP) is 4.66. The summed E-state index contributed by atoms with van der Waals surface area (Å²) in [6.07, 6.45) is -1.24. The number of amides is 1. The van der Waals surface area contributed by atoms with Gasteiger partial charge in [0, 0.05) is 17.8 Å². The fourth-order valence-electron chi connectivity index (χ4n) is 2.40. The molecule has 9 nitrogen and oxygen atoms in total. The fraction of sp³-hybridized carbons (Fsp3) is 0.235. The maximum atomic E-state index is 12.6. The van der Waals surface area contributed by atoms with Crippen LogP contribution in [0.3, 0.4) is 0 Å². The van der Waals surface area contributed by atoms with Crippen molar-refractivity contribution < 1.29 is 14.6 Å². The summed E-state index contributed by atoms with van der Waals surface area (Å²) in [5, 5.41) is 27.4. The Bertz CT molecular complexity index is 946. The number of nitro groups is 2. The summed E-state index contributed by atoms with van der Waals surface area (Å²) in [5.74, 6) is -0.897. The van der Waals surface area contributed by atoms with Crippen LogP contribution in [0.15, 0.2) is 36.4 Å². The van der Waals surface area contributed by atoms with E-state index in [4.69, 9.17) is 34.8 Å². The molecule has 0 aliphatic rings. The highest BCUT2D eigenvalue weighted by molar-refractivity contribution is 6.68. The molecule has 0 radical (unpaired) electrons. The number of nitro benzene ring substituents is 2. The van der Waals surface area contributed by atoms with Crippen LogP contribution in [0.5, 0.6) is 0 Å². The van der Waals surface area contributed by atoms with Gasteiger partial charge in [-0.25, -0.2) is 0 Å². The van der Waals surface area contributed by atoms with Crippen molar-refractivity contribution in [3.63, 3.8) is 0 Å². The molecule has 0 aromatic heterocycles. The number of non-ortho nitro benzene ring substituents is 2. The van der Waals surface area contributed by atoms with E-state index in [1.165, 1.54) is 0 Å². The summed E-state index contributed by atoms with van der Waals surface area (Å²) < 4.78 is -2.00. The highest BCUT2D eigenvalue weighted by Gasteiger charge is 2.35. The maximum Gasteiger partial charge on any atom is 0.277 e. The van der Waals surface area contributed by atoms with Crippen molar-refractivity contribution >= 4 is 57.8 Å². The number of anilines is 1. The molecule has 1 atom stereocenters. The van der Waals surface area contributed by atoms with Crippen LogP contribution in [0.25, 0.3) is 0 Å². The van der Waals surface area contributed by atoms with Gasteiger partial charge in [-0.3, -0.25) is 25.0 Å². The number of hydrogen-bond acceptors (Lipinski definition) is 6. The average Bonchev–Trinajstić information content (AvgIpc) is 2.62. The first-order valence-corrected chi connectivity index (χ1v) is 9.17. The van der Waals surface area contributed by atoms with Gasteiger partial charge >= 0.3 is 0 Å². The summed E-state index contributed by atoms with van der Waals surface area (Å²) in [5.41, 5.74) is 0.769. The third-order valence-corrected chi connectivity index (χ3v) is 4.54. The van der Waals surface area contributed by atoms with Gasteiger partial charge in [-0.1, -0.05) is 46.9 Å². The van der Waals surface area contributed by atoms with E-state index in [9.17, 15) is 25.0 Å². The maximum absolute atomic E-state index is 12.6. The van der Waals surface area contributed by atoms with Crippen molar-refractivity contribution in [1.29, 1.82) is 0 Å². The molecule has 12 heteroatoms. The van der Waals surface area contributed by atoms with E-state index in [2.05, 4.69) is 10.6 Å². The van der Waals surface area contributed by atoms with E-state index in [1.807, 2.05) is 26.0 Å². The third kappa shape index (κ3) is 5.93. The van der Waals surface area contributed by atoms with Crippen LogP contribution in [0.1, 0.15) is 21.5 Å². The summed E-state index contributed by atoms with van der Waals surface area (Å²) in [6.45, 7) is 3.67. The van der Waals surface area contributed by atoms with E-state index in [1.54, 1.807) is 6.07 Å². The first kappa shape index (κ1) is 22.7. The molecule has 0 saturated carbocycles. The van der Waals surface area contributed by atoms with E-state index >= 15 is 0 Å². The van der Waals surface area contributed by atoms with Crippen molar-refractivity contribution in [1.82, 2.24) is 5.32 Å². The van der Waals surface area contributed by atoms with Gasteiger partial charge in [0.15, 0.2) is 0 Å². The van der Waals surface area contributed by atoms with E-state index in [0.29, 0.717) is 5.69 Å². The molecule has 0 saturated heterocycles. The Kier molecular flexibility index (Phi) is 6.89. The zero-order valence-electron chi connectivity index (χ0n) is 15.1. The minimum Gasteiger partial charge on any atom is -0.362 e. The van der Waals surface area contributed by atoms with Crippen molar-refractivity contribution in [3.05, 3.63) is 73.3 Å². The lowest BCUT2D eigenvalue weighted by Crippen LogP contribution is -2.49. The summed E-state index contributed by atoms with van der Waals surface area (Å²) in [4.78, 5) is 33.0. The third-order valence-electron chi connectivity index (χ3n) is 3.88. The summed E-state index contributed by atoms with van der Waals surface area (Å²) in [6, 6.07) is 8.04. The van der Waals surface area contributed by atoms with Gasteiger partial charge in [0.1, 0.15) is 6.17 Å². The lowest BCUT2D eigenvalue weighted by molar-refractivity contribution is -0.394. The Morgan fingerprint density at radius 1 is 1.00 bits per heavy atom. The molecule has 0 spiro atoms. The highest BCUT2D eigenvalue weighted by atomic mass is 35.6. The molecule has 2 aromatic rings. The first-order valence-electron chi connectivity index (χ1n) is 8.03. The molecule has 2 aromatic carbocycles. The van der Waals surface area contributed by atoms with Crippen LogP contribution in [0.4, 0.5) is 17.1 Å². The normalized spacial score (nSPS) is 12.2. The molecule has 0 aliphatic carbocycles. The van der Waals surface area contributed by atoms with Crippen molar-refractivity contribution in [3.8, 4) is 0 Å². The second kappa shape index (κ2) is 8.81. The molecule has 154 valence electrons. The molecule has 29 heavy (non-hydrogen) atoms. The van der Waals surface area contributed by atoms with Gasteiger partial charge in [0.05, 0.1) is 21.5 Å². The second-order valence-electron chi connectivity index (χ2n) is 6.16. The number of aryl methyl sites for hydroxylation is 2. The Hall–Kier alpha value is -2.62. The molecule has 0 bridgehead atoms. The van der Waals surface area contributed by atoms with Gasteiger partial charge in [-0.05, 0) is 31.0 Å². The van der Waals surface area contributed by atoms with Gasteiger partial charge in [0.25, 0.3) is 17.3 Å². The Labute approximate surface area is 180 Å². The van der Waals surface area contributed by atoms with Crippen LogP contribution < -0.4 is 10.6 Å². The Morgan fingerprint density at radius 3 is 2.03 bits per heavy atom. The van der Waals surface area contributed by atoms with Crippen LogP contribution in [0, 0.1) is 34.1 Å². The number of hydrogen-bond donors (Lipinski definition) is 2. The SMILES string of the molecule is Cc1ccc(C)c(NC(NC(=O)c2cc([N+](=O)[O-])cc([N+](=O)[O-])c2)C(Cl)(Cl)Cl)c1. The van der Waals surface area contributed by atoms with Gasteiger partial charge in [-0.2, -0.15) is 0 Å². The number of alkyl halides is 3. The zero-order chi connectivity index (χ0) is 21.9. The topological polar surface area (TPSA) is 127 Å². The lowest BCUT2D eigenvalue weighted by atomic mass is 10.1. The molecule has 2 rings (SSSR count). The van der Waals surface area contributed by atoms with Crippen LogP contribution in [-0.2, 0) is 0 Å². The number of carbonyl (C=O) groups is 1. The number of benzene rings is 2. The molecule has 1 amide bonds. The summed E-state index contributed by atoms with van der Waals surface area (Å²) >= 11 is 17.9. The van der Waals surface area contributed by atoms with Crippen LogP contribution in [0.2, 0.25) is 0 Å². The lowest BCUT2D eigenvalue weighted by Gasteiger charge is -2.28. The molecule has 1 unspecified atom stereocenters. The fourth-order valence-corrected chi connectivity index (χ4v) is 2.73. The minimum atomic E-state index is -2.00. The van der Waals surface area contributed by atoms with Crippen LogP contribution in [-0.4, -0.2) is 25.7 Å². The van der Waals surface area contributed by atoms with E-state index in [0.717, 1.165) is 29.3 Å². The molecule has 0 heterocycles. The molecule has 0 fully saturated rings. The monoisotopic (exact) mass is 460 g/mol. The molecular weight excluding hydrogens is 447 g/mol. The molecule has 2 N–H and O–H groups in total. The van der Waals surface area contributed by atoms with E-state index < -0.39 is 37.1 Å². The number of halogens is 3. The predicted molar refractivity (Wildman–Crippen MR) is 111 cm³/mol. The smallest absolute Gasteiger partial charge is 0.277 e. The number of carbonyl (C=O) groups excluding carboxylic acids is 1. The van der Waals surface area contributed by atoms with Crippen molar-refractivity contribution in [2.45, 2.75) is 23.8 Å². The summed E-state index contributed by atoms with van der Waals surface area (Å²) in [7, 11) is 0. The Morgan fingerprint density at radius 2 is 1.55 bits per heavy atom. The minimum absolute atomic E-state index is 0.326. The van der Waals surface area contributed by atoms with Crippen LogP contribution >= 0.6 is 34.8 Å². The van der Waals surface area contributed by atoms with Crippen molar-refractivity contribution in [2.75, 3.05) is 5.32 Å². The molecule has 0 aliphatic heterocycles. The standard InChI is InChI=1S/C17H15Cl3N4O5/c1-9-3-4-10(2)14(5-9)21-16(17(18,19)20)22-15(25)11-6-12(23(26)27)8-13(7-11)24(28)29/h3-8,16,21H,1-2H3,(H,22,25). The largest absolute Gasteiger partial charge is 0.362 e. The molecular formula is C17H15Cl3N4O5.